The second-order valence-corrected chi connectivity index (χ2v) is 5.34. The minimum absolute atomic E-state index is 0. The number of nitrogens with zero attached hydrogens (tertiary/aromatic N) is 1. The molecule has 0 aliphatic rings. The molecule has 1 aromatic rings. The largest absolute Gasteiger partial charge is 0.418 e. The molecular formula is C16H23ClF3N3O2. The predicted molar refractivity (Wildman–Crippen MR) is 92.5 cm³/mol. The number of nitrogens with one attached hydrogen (secondary N) is 1. The van der Waals surface area contributed by atoms with Crippen molar-refractivity contribution in [2.24, 2.45) is 5.73 Å². The lowest BCUT2D eigenvalue weighted by molar-refractivity contribution is -0.137. The van der Waals surface area contributed by atoms with Crippen LogP contribution in [0.5, 0.6) is 0 Å². The number of nitrogens with two attached hydrogens (primary N) is 1. The van der Waals surface area contributed by atoms with Gasteiger partial charge in [0.25, 0.3) is 0 Å². The summed E-state index contributed by atoms with van der Waals surface area (Å²) in [6, 6.07) is 3.97. The number of carbonyl (C=O) groups excluding carboxylic acids is 2. The third-order valence-electron chi connectivity index (χ3n) is 3.45. The van der Waals surface area contributed by atoms with Gasteiger partial charge in [-0.15, -0.1) is 12.4 Å². The number of halogens is 4. The van der Waals surface area contributed by atoms with Gasteiger partial charge in [0.1, 0.15) is 0 Å². The van der Waals surface area contributed by atoms with E-state index in [4.69, 9.17) is 5.73 Å². The molecule has 0 radical (unpaired) electrons. The number of anilines is 1. The van der Waals surface area contributed by atoms with Gasteiger partial charge >= 0.3 is 6.18 Å². The SMILES string of the molecule is CCCC(N)C(=O)N(CC)CC(=O)Nc1ccccc1C(F)(F)F.Cl. The van der Waals surface area contributed by atoms with E-state index in [0.717, 1.165) is 12.5 Å². The molecule has 1 unspecified atom stereocenters. The minimum atomic E-state index is -4.58. The molecule has 1 atom stereocenters. The van der Waals surface area contributed by atoms with Crippen LogP contribution in [0.25, 0.3) is 0 Å². The Morgan fingerprint density at radius 3 is 2.36 bits per heavy atom. The van der Waals surface area contributed by atoms with E-state index in [1.54, 1.807) is 6.92 Å². The van der Waals surface area contributed by atoms with Crippen LogP contribution < -0.4 is 11.1 Å². The zero-order valence-corrected chi connectivity index (χ0v) is 14.9. The van der Waals surface area contributed by atoms with Crippen LogP contribution in [-0.2, 0) is 15.8 Å². The van der Waals surface area contributed by atoms with Crippen LogP contribution in [0, 0.1) is 0 Å². The van der Waals surface area contributed by atoms with Gasteiger partial charge in [0.15, 0.2) is 0 Å². The van der Waals surface area contributed by atoms with Crippen LogP contribution in [0.4, 0.5) is 18.9 Å². The van der Waals surface area contributed by atoms with Crippen molar-refractivity contribution in [2.75, 3.05) is 18.4 Å². The van der Waals surface area contributed by atoms with Gasteiger partial charge in [0, 0.05) is 6.54 Å². The van der Waals surface area contributed by atoms with Gasteiger partial charge in [-0.2, -0.15) is 13.2 Å². The Bertz CT molecular complexity index is 582. The summed E-state index contributed by atoms with van der Waals surface area (Å²) in [5.41, 5.74) is 4.47. The fraction of sp³-hybridized carbons (Fsp3) is 0.500. The van der Waals surface area contributed by atoms with E-state index in [1.807, 2.05) is 6.92 Å². The number of hydrogen-bond donors (Lipinski definition) is 2. The van der Waals surface area contributed by atoms with Crippen LogP contribution >= 0.6 is 12.4 Å². The lowest BCUT2D eigenvalue weighted by atomic mass is 10.1. The monoisotopic (exact) mass is 381 g/mol. The Hall–Kier alpha value is -1.80. The highest BCUT2D eigenvalue weighted by Gasteiger charge is 2.33. The van der Waals surface area contributed by atoms with Crippen molar-refractivity contribution in [3.63, 3.8) is 0 Å². The highest BCUT2D eigenvalue weighted by molar-refractivity contribution is 5.95. The molecule has 0 saturated carbocycles. The molecule has 9 heteroatoms. The normalized spacial score (nSPS) is 12.1. The summed E-state index contributed by atoms with van der Waals surface area (Å²) in [6.45, 7) is 3.45. The van der Waals surface area contributed by atoms with Crippen LogP contribution in [0.2, 0.25) is 0 Å². The maximum Gasteiger partial charge on any atom is 0.418 e. The molecule has 0 spiro atoms. The van der Waals surface area contributed by atoms with Gasteiger partial charge in [-0.1, -0.05) is 25.5 Å². The first-order valence-electron chi connectivity index (χ1n) is 7.71. The second-order valence-electron chi connectivity index (χ2n) is 5.34. The van der Waals surface area contributed by atoms with Crippen molar-refractivity contribution in [3.05, 3.63) is 29.8 Å². The summed E-state index contributed by atoms with van der Waals surface area (Å²) in [7, 11) is 0. The molecule has 5 nitrogen and oxygen atoms in total. The van der Waals surface area contributed by atoms with Crippen molar-refractivity contribution in [2.45, 2.75) is 38.9 Å². The molecule has 0 aromatic heterocycles. The highest BCUT2D eigenvalue weighted by atomic mass is 35.5. The van der Waals surface area contributed by atoms with Gasteiger partial charge < -0.3 is 16.0 Å². The highest BCUT2D eigenvalue weighted by Crippen LogP contribution is 2.34. The molecule has 0 saturated heterocycles. The molecule has 142 valence electrons. The molecule has 0 heterocycles. The zero-order chi connectivity index (χ0) is 18.3. The Balaban J connectivity index is 0.00000576. The lowest BCUT2D eigenvalue weighted by Gasteiger charge is -2.24. The van der Waals surface area contributed by atoms with Gasteiger partial charge in [0.05, 0.1) is 23.8 Å². The fourth-order valence-electron chi connectivity index (χ4n) is 2.22. The third-order valence-corrected chi connectivity index (χ3v) is 3.45. The van der Waals surface area contributed by atoms with Gasteiger partial charge in [0.2, 0.25) is 11.8 Å². The standard InChI is InChI=1S/C16H22F3N3O2.ClH/c1-3-7-12(20)15(24)22(4-2)10-14(23)21-13-9-6-5-8-11(13)16(17,18)19;/h5-6,8-9,12H,3-4,7,10,20H2,1-2H3,(H,21,23);1H. The predicted octanol–water partition coefficient (Wildman–Crippen LogP) is 3.04. The Kier molecular flexibility index (Phi) is 9.51. The maximum absolute atomic E-state index is 12.9. The smallest absolute Gasteiger partial charge is 0.332 e. The van der Waals surface area contributed by atoms with E-state index in [1.165, 1.54) is 23.1 Å². The van der Waals surface area contributed by atoms with Crippen LogP contribution in [0.15, 0.2) is 24.3 Å². The van der Waals surface area contributed by atoms with Crippen molar-refractivity contribution in [3.8, 4) is 0 Å². The van der Waals surface area contributed by atoms with Gasteiger partial charge in [-0.25, -0.2) is 0 Å². The summed E-state index contributed by atoms with van der Waals surface area (Å²) in [4.78, 5) is 25.4. The first-order chi connectivity index (χ1) is 11.2. The van der Waals surface area contributed by atoms with Crippen molar-refractivity contribution in [1.82, 2.24) is 4.90 Å². The topological polar surface area (TPSA) is 75.4 Å². The van der Waals surface area contributed by atoms with Crippen LogP contribution in [0.1, 0.15) is 32.3 Å². The number of amides is 2. The molecule has 0 fully saturated rings. The third kappa shape index (κ3) is 6.91. The summed E-state index contributed by atoms with van der Waals surface area (Å²) in [5.74, 6) is -1.09. The van der Waals surface area contributed by atoms with Gasteiger partial charge in [-0.05, 0) is 25.5 Å². The number of para-hydroxylation sites is 1. The van der Waals surface area contributed by atoms with Crippen molar-refractivity contribution in [1.29, 1.82) is 0 Å². The average molecular weight is 382 g/mol. The van der Waals surface area contributed by atoms with Crippen molar-refractivity contribution < 1.29 is 22.8 Å². The Labute approximate surface area is 151 Å². The van der Waals surface area contributed by atoms with E-state index >= 15 is 0 Å². The van der Waals surface area contributed by atoms with E-state index < -0.39 is 29.6 Å². The molecule has 0 aliphatic carbocycles. The van der Waals surface area contributed by atoms with Gasteiger partial charge in [-0.3, -0.25) is 9.59 Å². The Morgan fingerprint density at radius 2 is 1.84 bits per heavy atom. The summed E-state index contributed by atoms with van der Waals surface area (Å²) >= 11 is 0. The lowest BCUT2D eigenvalue weighted by Crippen LogP contribution is -2.46. The van der Waals surface area contributed by atoms with E-state index in [0.29, 0.717) is 6.42 Å². The average Bonchev–Trinajstić information content (AvgIpc) is 2.51. The van der Waals surface area contributed by atoms with Crippen LogP contribution in [0.3, 0.4) is 0 Å². The summed E-state index contributed by atoms with van der Waals surface area (Å²) in [6.07, 6.45) is -3.38. The molecule has 1 aromatic carbocycles. The molecule has 3 N–H and O–H groups in total. The second kappa shape index (κ2) is 10.2. The number of likely N-dealkylation sites (N-methyl/N-ethyl adjacent to an activating group) is 1. The maximum atomic E-state index is 12.9. The fourth-order valence-corrected chi connectivity index (χ4v) is 2.22. The molecular weight excluding hydrogens is 359 g/mol. The van der Waals surface area contributed by atoms with E-state index in [9.17, 15) is 22.8 Å². The summed E-state index contributed by atoms with van der Waals surface area (Å²) in [5, 5.41) is 2.21. The van der Waals surface area contributed by atoms with E-state index in [-0.39, 0.29) is 31.2 Å². The molecule has 2 amide bonds. The van der Waals surface area contributed by atoms with E-state index in [2.05, 4.69) is 5.32 Å². The minimum Gasteiger partial charge on any atom is -0.332 e. The molecule has 25 heavy (non-hydrogen) atoms. The Morgan fingerprint density at radius 1 is 1.24 bits per heavy atom. The number of benzene rings is 1. The molecule has 0 bridgehead atoms. The first-order valence-corrected chi connectivity index (χ1v) is 7.71. The van der Waals surface area contributed by atoms with Crippen LogP contribution in [-0.4, -0.2) is 35.8 Å². The number of rotatable bonds is 7. The number of alkyl halides is 3. The number of hydrogen-bond acceptors (Lipinski definition) is 3. The molecule has 0 aliphatic heterocycles. The van der Waals surface area contributed by atoms with Crippen molar-refractivity contribution >= 4 is 29.9 Å². The zero-order valence-electron chi connectivity index (χ0n) is 14.1. The number of carbonyl (C=O) groups is 2. The quantitative estimate of drug-likeness (QED) is 0.762. The summed E-state index contributed by atoms with van der Waals surface area (Å²) < 4.78 is 38.7. The first kappa shape index (κ1) is 23.2. The molecule has 1 rings (SSSR count).